The fourth-order valence-electron chi connectivity index (χ4n) is 7.92. The van der Waals surface area contributed by atoms with Gasteiger partial charge in [0.05, 0.1) is 0 Å². The number of hydrogen-bond acceptors (Lipinski definition) is 6. The second-order valence-electron chi connectivity index (χ2n) is 17.8. The maximum absolute atomic E-state index is 12.7. The summed E-state index contributed by atoms with van der Waals surface area (Å²) in [7, 11) is 0. The summed E-state index contributed by atoms with van der Waals surface area (Å²) in [5.41, 5.74) is 0. The van der Waals surface area contributed by atoms with Gasteiger partial charge in [-0.25, -0.2) is 0 Å². The van der Waals surface area contributed by atoms with Crippen LogP contribution in [0.25, 0.3) is 0 Å². The first-order valence-corrected chi connectivity index (χ1v) is 26.0. The Labute approximate surface area is 361 Å². The van der Waals surface area contributed by atoms with Gasteiger partial charge in [-0.2, -0.15) is 0 Å². The fraction of sp³-hybridized carbons (Fsp3) is 0.942. The summed E-state index contributed by atoms with van der Waals surface area (Å²) in [6, 6.07) is 0. The predicted molar refractivity (Wildman–Crippen MR) is 247 cm³/mol. The third-order valence-corrected chi connectivity index (χ3v) is 11.9. The van der Waals surface area contributed by atoms with E-state index in [2.05, 4.69) is 20.8 Å². The van der Waals surface area contributed by atoms with E-state index in [4.69, 9.17) is 14.2 Å². The van der Waals surface area contributed by atoms with Gasteiger partial charge in [0.25, 0.3) is 0 Å². The molecule has 0 amide bonds. The minimum Gasteiger partial charge on any atom is -0.462 e. The van der Waals surface area contributed by atoms with Crippen LogP contribution in [-0.4, -0.2) is 37.2 Å². The van der Waals surface area contributed by atoms with Crippen molar-refractivity contribution in [3.63, 3.8) is 0 Å². The molecule has 0 heterocycles. The molecule has 0 saturated carbocycles. The van der Waals surface area contributed by atoms with Gasteiger partial charge in [0.2, 0.25) is 0 Å². The molecule has 0 radical (unpaired) electrons. The first-order valence-electron chi connectivity index (χ1n) is 26.0. The van der Waals surface area contributed by atoms with Gasteiger partial charge in [0, 0.05) is 19.3 Å². The lowest BCUT2D eigenvalue weighted by atomic mass is 10.0. The van der Waals surface area contributed by atoms with Crippen molar-refractivity contribution in [2.45, 2.75) is 303 Å². The molecule has 6 nitrogen and oxygen atoms in total. The van der Waals surface area contributed by atoms with Gasteiger partial charge in [-0.05, 0) is 19.3 Å². The predicted octanol–water partition coefficient (Wildman–Crippen LogP) is 16.8. The molecule has 58 heavy (non-hydrogen) atoms. The molecule has 344 valence electrons. The van der Waals surface area contributed by atoms with Gasteiger partial charge in [0.15, 0.2) is 6.10 Å². The van der Waals surface area contributed by atoms with Crippen LogP contribution in [0, 0.1) is 0 Å². The van der Waals surface area contributed by atoms with E-state index >= 15 is 0 Å². The molecule has 0 unspecified atom stereocenters. The van der Waals surface area contributed by atoms with Crippen molar-refractivity contribution in [1.82, 2.24) is 0 Å². The Kier molecular flexibility index (Phi) is 46.8. The number of hydrogen-bond donors (Lipinski definition) is 0. The second-order valence-corrected chi connectivity index (χ2v) is 17.8. The van der Waals surface area contributed by atoms with Crippen LogP contribution in [0.4, 0.5) is 0 Å². The first kappa shape index (κ1) is 56.4. The molecule has 6 heteroatoms. The Morgan fingerprint density at radius 3 is 0.690 bits per heavy atom. The van der Waals surface area contributed by atoms with Crippen molar-refractivity contribution in [2.24, 2.45) is 0 Å². The van der Waals surface area contributed by atoms with Crippen LogP contribution in [-0.2, 0) is 28.6 Å². The molecule has 0 aromatic heterocycles. The van der Waals surface area contributed by atoms with E-state index in [0.29, 0.717) is 19.3 Å². The van der Waals surface area contributed by atoms with Crippen LogP contribution in [0.2, 0.25) is 0 Å². The minimum atomic E-state index is -0.759. The summed E-state index contributed by atoms with van der Waals surface area (Å²) in [5, 5.41) is 0. The molecular weight excluding hydrogens is 721 g/mol. The highest BCUT2D eigenvalue weighted by Crippen LogP contribution is 2.17. The van der Waals surface area contributed by atoms with E-state index in [1.54, 1.807) is 0 Å². The standard InChI is InChI=1S/C52H100O6/c1-4-7-10-13-16-19-22-24-25-26-27-29-31-34-36-39-42-45-51(54)57-48-49(58-52(55)46-43-40-37-32-21-18-15-12-9-6-3)47-56-50(53)44-41-38-35-33-30-28-23-20-17-14-11-8-5-2/h49H,4-48H2,1-3H3/t49-/m0/s1. The zero-order chi connectivity index (χ0) is 42.3. The first-order chi connectivity index (χ1) is 28.5. The largest absolute Gasteiger partial charge is 0.462 e. The molecule has 0 bridgehead atoms. The van der Waals surface area contributed by atoms with Crippen molar-refractivity contribution in [2.75, 3.05) is 13.2 Å². The quantitative estimate of drug-likeness (QED) is 0.0346. The highest BCUT2D eigenvalue weighted by Gasteiger charge is 2.19. The van der Waals surface area contributed by atoms with Crippen LogP contribution in [0.5, 0.6) is 0 Å². The third-order valence-electron chi connectivity index (χ3n) is 11.9. The Hall–Kier alpha value is -1.59. The molecule has 0 saturated heterocycles. The number of carbonyl (C=O) groups excluding carboxylic acids is 3. The van der Waals surface area contributed by atoms with Gasteiger partial charge in [-0.1, -0.05) is 258 Å². The number of carbonyl (C=O) groups is 3. The number of esters is 3. The lowest BCUT2D eigenvalue weighted by Crippen LogP contribution is -2.30. The lowest BCUT2D eigenvalue weighted by molar-refractivity contribution is -0.167. The molecule has 0 spiro atoms. The molecule has 0 aromatic rings. The number of ether oxygens (including phenoxy) is 3. The molecule has 0 aliphatic carbocycles. The van der Waals surface area contributed by atoms with Gasteiger partial charge >= 0.3 is 17.9 Å². The van der Waals surface area contributed by atoms with Crippen LogP contribution in [0.15, 0.2) is 0 Å². The number of unbranched alkanes of at least 4 members (excludes halogenated alkanes) is 37. The second kappa shape index (κ2) is 48.1. The summed E-state index contributed by atoms with van der Waals surface area (Å²) < 4.78 is 16.8. The van der Waals surface area contributed by atoms with E-state index in [9.17, 15) is 14.4 Å². The van der Waals surface area contributed by atoms with Gasteiger partial charge < -0.3 is 14.2 Å². The summed E-state index contributed by atoms with van der Waals surface area (Å²) in [6.45, 7) is 6.67. The lowest BCUT2D eigenvalue weighted by Gasteiger charge is -2.18. The van der Waals surface area contributed by atoms with Crippen molar-refractivity contribution in [3.05, 3.63) is 0 Å². The average molecular weight is 821 g/mol. The monoisotopic (exact) mass is 821 g/mol. The van der Waals surface area contributed by atoms with Crippen molar-refractivity contribution in [3.8, 4) is 0 Å². The Balaban J connectivity index is 4.24. The average Bonchev–Trinajstić information content (AvgIpc) is 3.22. The topological polar surface area (TPSA) is 78.9 Å². The molecule has 0 rings (SSSR count). The van der Waals surface area contributed by atoms with Crippen LogP contribution in [0.3, 0.4) is 0 Å². The number of rotatable bonds is 48. The summed E-state index contributed by atoms with van der Waals surface area (Å²) in [4.78, 5) is 37.9. The van der Waals surface area contributed by atoms with Crippen molar-refractivity contribution < 1.29 is 28.6 Å². The Bertz CT molecular complexity index is 859. The summed E-state index contributed by atoms with van der Waals surface area (Å²) in [5.74, 6) is -0.843. The molecule has 0 aromatic carbocycles. The molecule has 0 fully saturated rings. The van der Waals surface area contributed by atoms with E-state index in [0.717, 1.165) is 57.8 Å². The molecule has 0 N–H and O–H groups in total. The summed E-state index contributed by atoms with van der Waals surface area (Å²) >= 11 is 0. The Morgan fingerprint density at radius 1 is 0.276 bits per heavy atom. The van der Waals surface area contributed by atoms with Crippen LogP contribution in [0.1, 0.15) is 297 Å². The SMILES string of the molecule is CCCCCCCCCCCCCCCCCCCC(=O)OC[C@H](COC(=O)CCCCCCCCCCCCCCC)OC(=O)CCCCCCCCCCCC. The fourth-order valence-corrected chi connectivity index (χ4v) is 7.92. The molecule has 0 aliphatic heterocycles. The zero-order valence-electron chi connectivity index (χ0n) is 39.3. The van der Waals surface area contributed by atoms with E-state index in [1.807, 2.05) is 0 Å². The molecule has 0 aliphatic rings. The van der Waals surface area contributed by atoms with Gasteiger partial charge in [0.1, 0.15) is 13.2 Å². The van der Waals surface area contributed by atoms with E-state index in [1.165, 1.54) is 199 Å². The normalized spacial score (nSPS) is 11.8. The van der Waals surface area contributed by atoms with Gasteiger partial charge in [-0.15, -0.1) is 0 Å². The molecular formula is C52H100O6. The maximum atomic E-state index is 12.7. The van der Waals surface area contributed by atoms with E-state index in [-0.39, 0.29) is 31.1 Å². The third kappa shape index (κ3) is 45.5. The Morgan fingerprint density at radius 2 is 0.466 bits per heavy atom. The van der Waals surface area contributed by atoms with Crippen LogP contribution < -0.4 is 0 Å². The zero-order valence-corrected chi connectivity index (χ0v) is 39.3. The highest BCUT2D eigenvalue weighted by molar-refractivity contribution is 5.71. The smallest absolute Gasteiger partial charge is 0.306 e. The van der Waals surface area contributed by atoms with Crippen LogP contribution >= 0.6 is 0 Å². The van der Waals surface area contributed by atoms with Crippen molar-refractivity contribution in [1.29, 1.82) is 0 Å². The highest BCUT2D eigenvalue weighted by atomic mass is 16.6. The molecule has 1 atom stereocenters. The maximum Gasteiger partial charge on any atom is 0.306 e. The van der Waals surface area contributed by atoms with Gasteiger partial charge in [-0.3, -0.25) is 14.4 Å². The van der Waals surface area contributed by atoms with Crippen molar-refractivity contribution >= 4 is 17.9 Å². The summed E-state index contributed by atoms with van der Waals surface area (Å²) in [6.07, 6.45) is 50.9. The van der Waals surface area contributed by atoms with E-state index < -0.39 is 6.10 Å². The minimum absolute atomic E-state index is 0.0619.